The Kier molecular flexibility index (Phi) is 4.05. The van der Waals surface area contributed by atoms with Crippen LogP contribution in [0.15, 0.2) is 0 Å². The van der Waals surface area contributed by atoms with Gasteiger partial charge in [0.15, 0.2) is 0 Å². The smallest absolute Gasteiger partial charge is 0.308 e. The molecule has 1 fully saturated rings. The van der Waals surface area contributed by atoms with Crippen molar-refractivity contribution < 1.29 is 14.7 Å². The predicted octanol–water partition coefficient (Wildman–Crippen LogP) is 1.07. The highest BCUT2D eigenvalue weighted by Crippen LogP contribution is 2.32. The van der Waals surface area contributed by atoms with Crippen molar-refractivity contribution in [3.8, 4) is 0 Å². The lowest BCUT2D eigenvalue weighted by Crippen LogP contribution is -2.58. The number of hydrogen-bond acceptors (Lipinski definition) is 3. The van der Waals surface area contributed by atoms with Gasteiger partial charge >= 0.3 is 5.97 Å². The second-order valence-electron chi connectivity index (χ2n) is 6.28. The fourth-order valence-electron chi connectivity index (χ4n) is 2.03. The summed E-state index contributed by atoms with van der Waals surface area (Å²) in [4.78, 5) is 25.1. The average Bonchev–Trinajstić information content (AvgIpc) is 2.26. The summed E-state index contributed by atoms with van der Waals surface area (Å²) in [5.74, 6) is -1.32. The van der Waals surface area contributed by atoms with Crippen LogP contribution in [0.4, 0.5) is 0 Å². The van der Waals surface area contributed by atoms with Crippen LogP contribution in [-0.2, 0) is 9.59 Å². The molecule has 0 bridgehead atoms. The van der Waals surface area contributed by atoms with Crippen molar-refractivity contribution >= 4 is 11.9 Å². The molecule has 1 aliphatic heterocycles. The number of carbonyl (C=O) groups is 2. The van der Waals surface area contributed by atoms with Gasteiger partial charge in [0.2, 0.25) is 5.91 Å². The lowest BCUT2D eigenvalue weighted by atomic mass is 9.73. The lowest BCUT2D eigenvalue weighted by Gasteiger charge is -2.42. The van der Waals surface area contributed by atoms with Crippen molar-refractivity contribution in [3.05, 3.63) is 0 Å². The summed E-state index contributed by atoms with van der Waals surface area (Å²) in [5, 5.41) is 9.04. The Labute approximate surface area is 108 Å². The molecule has 104 valence electrons. The molecular weight excluding hydrogens is 232 g/mol. The fraction of sp³-hybridized carbons (Fsp3) is 0.846. The second-order valence-corrected chi connectivity index (χ2v) is 6.28. The number of carbonyl (C=O) groups excluding carboxylic acids is 1. The number of piperidine rings is 1. The van der Waals surface area contributed by atoms with Crippen LogP contribution in [0, 0.1) is 11.3 Å². The van der Waals surface area contributed by atoms with E-state index >= 15 is 0 Å². The minimum absolute atomic E-state index is 0.0547. The third-order valence-electron chi connectivity index (χ3n) is 4.20. The van der Waals surface area contributed by atoms with E-state index < -0.39 is 22.8 Å². The first-order chi connectivity index (χ1) is 8.07. The Morgan fingerprint density at radius 2 is 1.83 bits per heavy atom. The molecule has 1 amide bonds. The Balaban J connectivity index is 2.82. The van der Waals surface area contributed by atoms with Crippen molar-refractivity contribution in [1.82, 2.24) is 4.90 Å². The van der Waals surface area contributed by atoms with Crippen LogP contribution in [0.1, 0.15) is 40.5 Å². The average molecular weight is 256 g/mol. The third kappa shape index (κ3) is 2.83. The van der Waals surface area contributed by atoms with E-state index in [2.05, 4.69) is 0 Å². The predicted molar refractivity (Wildman–Crippen MR) is 69.0 cm³/mol. The molecule has 18 heavy (non-hydrogen) atoms. The minimum Gasteiger partial charge on any atom is -0.481 e. The number of amides is 1. The van der Waals surface area contributed by atoms with Crippen LogP contribution < -0.4 is 5.73 Å². The molecule has 0 radical (unpaired) electrons. The Morgan fingerprint density at radius 1 is 1.28 bits per heavy atom. The zero-order chi connectivity index (χ0) is 14.1. The van der Waals surface area contributed by atoms with Crippen molar-refractivity contribution in [2.24, 2.45) is 17.1 Å². The molecule has 5 heteroatoms. The summed E-state index contributed by atoms with van der Waals surface area (Å²) < 4.78 is 0. The standard InChI is InChI=1S/C13H24N2O3/c1-12(2,13(3,4)14)11(18)15-7-5-6-9(8-15)10(16)17/h9H,5-8,14H2,1-4H3,(H,16,17)/t9-/m1/s1. The van der Waals surface area contributed by atoms with E-state index in [4.69, 9.17) is 10.8 Å². The van der Waals surface area contributed by atoms with Crippen LogP contribution >= 0.6 is 0 Å². The quantitative estimate of drug-likeness (QED) is 0.791. The summed E-state index contributed by atoms with van der Waals surface area (Å²) in [7, 11) is 0. The number of aliphatic carboxylic acids is 1. The van der Waals surface area contributed by atoms with E-state index in [1.165, 1.54) is 0 Å². The van der Waals surface area contributed by atoms with Gasteiger partial charge in [0.05, 0.1) is 11.3 Å². The summed E-state index contributed by atoms with van der Waals surface area (Å²) >= 11 is 0. The molecule has 1 heterocycles. The molecule has 0 aliphatic carbocycles. The van der Waals surface area contributed by atoms with Gasteiger partial charge in [-0.05, 0) is 40.5 Å². The van der Waals surface area contributed by atoms with Crippen LogP contribution in [0.3, 0.4) is 0 Å². The Hall–Kier alpha value is -1.10. The molecule has 0 aromatic heterocycles. The van der Waals surface area contributed by atoms with Crippen LogP contribution in [0.5, 0.6) is 0 Å². The van der Waals surface area contributed by atoms with E-state index in [0.717, 1.165) is 6.42 Å². The molecule has 0 aromatic rings. The van der Waals surface area contributed by atoms with Gasteiger partial charge in [0.25, 0.3) is 0 Å². The topological polar surface area (TPSA) is 83.6 Å². The zero-order valence-corrected chi connectivity index (χ0v) is 11.7. The van der Waals surface area contributed by atoms with Crippen LogP contribution in [0.25, 0.3) is 0 Å². The van der Waals surface area contributed by atoms with Gasteiger partial charge in [0, 0.05) is 18.6 Å². The van der Waals surface area contributed by atoms with Gasteiger partial charge in [-0.25, -0.2) is 0 Å². The van der Waals surface area contributed by atoms with Crippen molar-refractivity contribution in [2.45, 2.75) is 46.1 Å². The van der Waals surface area contributed by atoms with E-state index in [1.807, 2.05) is 27.7 Å². The highest BCUT2D eigenvalue weighted by Gasteiger charge is 2.44. The first-order valence-corrected chi connectivity index (χ1v) is 6.38. The molecule has 0 saturated carbocycles. The molecule has 1 saturated heterocycles. The Morgan fingerprint density at radius 3 is 2.28 bits per heavy atom. The Bertz CT molecular complexity index is 345. The van der Waals surface area contributed by atoms with Gasteiger partial charge in [-0.1, -0.05) is 0 Å². The highest BCUT2D eigenvalue weighted by molar-refractivity contribution is 5.84. The second kappa shape index (κ2) is 4.88. The number of nitrogens with two attached hydrogens (primary N) is 1. The first-order valence-electron chi connectivity index (χ1n) is 6.38. The number of rotatable bonds is 3. The van der Waals surface area contributed by atoms with Crippen LogP contribution in [-0.4, -0.2) is 40.5 Å². The molecule has 5 nitrogen and oxygen atoms in total. The van der Waals surface area contributed by atoms with Crippen molar-refractivity contribution in [2.75, 3.05) is 13.1 Å². The van der Waals surface area contributed by atoms with Gasteiger partial charge in [-0.2, -0.15) is 0 Å². The number of nitrogens with zero attached hydrogens (tertiary/aromatic N) is 1. The molecule has 1 rings (SSSR count). The van der Waals surface area contributed by atoms with Gasteiger partial charge in [0.1, 0.15) is 0 Å². The lowest BCUT2D eigenvalue weighted by molar-refractivity contribution is -0.150. The number of carboxylic acid groups (broad SMARTS) is 1. The molecule has 0 unspecified atom stereocenters. The molecule has 0 aromatic carbocycles. The number of hydrogen-bond donors (Lipinski definition) is 2. The van der Waals surface area contributed by atoms with E-state index in [9.17, 15) is 9.59 Å². The maximum atomic E-state index is 12.5. The third-order valence-corrected chi connectivity index (χ3v) is 4.20. The largest absolute Gasteiger partial charge is 0.481 e. The molecule has 3 N–H and O–H groups in total. The fourth-order valence-corrected chi connectivity index (χ4v) is 2.03. The van der Waals surface area contributed by atoms with E-state index in [0.29, 0.717) is 19.5 Å². The number of likely N-dealkylation sites (tertiary alicyclic amines) is 1. The maximum absolute atomic E-state index is 12.5. The van der Waals surface area contributed by atoms with Crippen molar-refractivity contribution in [1.29, 1.82) is 0 Å². The maximum Gasteiger partial charge on any atom is 0.308 e. The summed E-state index contributed by atoms with van der Waals surface area (Å²) in [6.45, 7) is 8.21. The minimum atomic E-state index is -0.822. The first kappa shape index (κ1) is 15.0. The van der Waals surface area contributed by atoms with Gasteiger partial charge in [-0.15, -0.1) is 0 Å². The van der Waals surface area contributed by atoms with Gasteiger partial charge < -0.3 is 15.7 Å². The monoisotopic (exact) mass is 256 g/mol. The zero-order valence-electron chi connectivity index (χ0n) is 11.7. The highest BCUT2D eigenvalue weighted by atomic mass is 16.4. The molecular formula is C13H24N2O3. The molecule has 1 atom stereocenters. The summed E-state index contributed by atoms with van der Waals surface area (Å²) in [6.07, 6.45) is 1.38. The summed E-state index contributed by atoms with van der Waals surface area (Å²) in [6, 6.07) is 0. The van der Waals surface area contributed by atoms with Gasteiger partial charge in [-0.3, -0.25) is 9.59 Å². The molecule has 0 spiro atoms. The number of carboxylic acids is 1. The van der Waals surface area contributed by atoms with Crippen molar-refractivity contribution in [3.63, 3.8) is 0 Å². The normalized spacial score (nSPS) is 21.8. The summed E-state index contributed by atoms with van der Waals surface area (Å²) in [5.41, 5.74) is 4.71. The van der Waals surface area contributed by atoms with Crippen LogP contribution in [0.2, 0.25) is 0 Å². The molecule has 1 aliphatic rings. The van der Waals surface area contributed by atoms with E-state index in [1.54, 1.807) is 4.90 Å². The SMILES string of the molecule is CC(C)(N)C(C)(C)C(=O)N1CCC[C@@H](C(=O)O)C1. The van der Waals surface area contributed by atoms with E-state index in [-0.39, 0.29) is 5.91 Å².